The molecule has 0 saturated carbocycles. The molecule has 8 heteroatoms. The number of carbonyl (C=O) groups is 1. The lowest BCUT2D eigenvalue weighted by molar-refractivity contribution is -0.120. The summed E-state index contributed by atoms with van der Waals surface area (Å²) in [6.07, 6.45) is 4.57. The van der Waals surface area contributed by atoms with Crippen LogP contribution < -0.4 is 15.1 Å². The highest BCUT2D eigenvalue weighted by Crippen LogP contribution is 2.16. The highest BCUT2D eigenvalue weighted by Gasteiger charge is 2.27. The summed E-state index contributed by atoms with van der Waals surface area (Å²) in [6, 6.07) is 10.3. The molecule has 1 aliphatic rings. The molecule has 1 saturated heterocycles. The standard InChI is InChI=1S/C20H29N7O/c1-21-20(22-10-7-11-24(2)17-8-5-4-6-9-17)26-12-13-27(19(28)16-26)18-14-23-25(3)15-18/h4-6,8-9,14-15H,7,10-13,16H2,1-3H3,(H,21,22). The number of piperazine rings is 1. The van der Waals surface area contributed by atoms with Crippen LogP contribution in [0, 0.1) is 0 Å². The lowest BCUT2D eigenvalue weighted by atomic mass is 10.3. The van der Waals surface area contributed by atoms with Crippen LogP contribution in [0.2, 0.25) is 0 Å². The van der Waals surface area contributed by atoms with Crippen LogP contribution in [0.1, 0.15) is 6.42 Å². The van der Waals surface area contributed by atoms with Crippen LogP contribution in [0.25, 0.3) is 0 Å². The molecule has 0 bridgehead atoms. The number of carbonyl (C=O) groups excluding carboxylic acids is 1. The Kier molecular flexibility index (Phi) is 6.52. The van der Waals surface area contributed by atoms with E-state index < -0.39 is 0 Å². The van der Waals surface area contributed by atoms with E-state index in [-0.39, 0.29) is 5.91 Å². The van der Waals surface area contributed by atoms with Crippen LogP contribution in [0.4, 0.5) is 11.4 Å². The normalized spacial score (nSPS) is 15.1. The van der Waals surface area contributed by atoms with Gasteiger partial charge in [-0.1, -0.05) is 18.2 Å². The number of nitrogens with one attached hydrogen (secondary N) is 1. The van der Waals surface area contributed by atoms with Gasteiger partial charge < -0.3 is 20.0 Å². The molecule has 0 aliphatic carbocycles. The van der Waals surface area contributed by atoms with E-state index in [0.29, 0.717) is 13.1 Å². The zero-order valence-electron chi connectivity index (χ0n) is 16.9. The van der Waals surface area contributed by atoms with E-state index in [4.69, 9.17) is 0 Å². The summed E-state index contributed by atoms with van der Waals surface area (Å²) in [6.45, 7) is 3.44. The molecule has 0 spiro atoms. The maximum absolute atomic E-state index is 12.6. The van der Waals surface area contributed by atoms with Crippen LogP contribution >= 0.6 is 0 Å². The fourth-order valence-corrected chi connectivity index (χ4v) is 3.33. The number of aryl methyl sites for hydroxylation is 1. The van der Waals surface area contributed by atoms with Gasteiger partial charge in [0.05, 0.1) is 11.9 Å². The number of para-hydroxylation sites is 1. The smallest absolute Gasteiger partial charge is 0.246 e. The first-order valence-corrected chi connectivity index (χ1v) is 9.59. The van der Waals surface area contributed by atoms with Crippen molar-refractivity contribution in [3.05, 3.63) is 42.7 Å². The zero-order chi connectivity index (χ0) is 19.9. The number of aromatic nitrogens is 2. The second-order valence-corrected chi connectivity index (χ2v) is 6.92. The number of benzene rings is 1. The molecule has 8 nitrogen and oxygen atoms in total. The van der Waals surface area contributed by atoms with Crippen molar-refractivity contribution in [1.82, 2.24) is 20.0 Å². The number of hydrogen-bond donors (Lipinski definition) is 1. The van der Waals surface area contributed by atoms with E-state index in [1.165, 1.54) is 5.69 Å². The van der Waals surface area contributed by atoms with Crippen LogP contribution in [0.5, 0.6) is 0 Å². The summed E-state index contributed by atoms with van der Waals surface area (Å²) in [5.74, 6) is 0.840. The Morgan fingerprint density at radius 3 is 2.71 bits per heavy atom. The molecule has 0 radical (unpaired) electrons. The van der Waals surface area contributed by atoms with Crippen molar-refractivity contribution in [2.75, 3.05) is 56.6 Å². The first-order chi connectivity index (χ1) is 13.6. The number of anilines is 2. The Balaban J connectivity index is 1.45. The molecule has 1 fully saturated rings. The summed E-state index contributed by atoms with van der Waals surface area (Å²) in [4.78, 5) is 23.0. The Morgan fingerprint density at radius 1 is 1.29 bits per heavy atom. The van der Waals surface area contributed by atoms with Crippen LogP contribution in [0.15, 0.2) is 47.7 Å². The van der Waals surface area contributed by atoms with E-state index in [1.807, 2.05) is 36.3 Å². The van der Waals surface area contributed by atoms with E-state index in [1.54, 1.807) is 22.8 Å². The molecule has 150 valence electrons. The molecule has 0 atom stereocenters. The lowest BCUT2D eigenvalue weighted by Gasteiger charge is -2.35. The maximum Gasteiger partial charge on any atom is 0.246 e. The molecular formula is C20H29N7O. The molecule has 1 aliphatic heterocycles. The van der Waals surface area contributed by atoms with Gasteiger partial charge in [-0.3, -0.25) is 14.5 Å². The van der Waals surface area contributed by atoms with E-state index in [9.17, 15) is 4.79 Å². The Bertz CT molecular complexity index is 802. The molecule has 1 amide bonds. The average Bonchev–Trinajstić information content (AvgIpc) is 3.14. The minimum atomic E-state index is 0.0611. The monoisotopic (exact) mass is 383 g/mol. The number of amides is 1. The molecule has 1 aromatic carbocycles. The van der Waals surface area contributed by atoms with Crippen molar-refractivity contribution in [3.8, 4) is 0 Å². The predicted octanol–water partition coefficient (Wildman–Crippen LogP) is 1.17. The Hall–Kier alpha value is -3.03. The first kappa shape index (κ1) is 19.7. The third-order valence-corrected chi connectivity index (χ3v) is 4.89. The summed E-state index contributed by atoms with van der Waals surface area (Å²) in [5, 5.41) is 7.54. The van der Waals surface area contributed by atoms with Gasteiger partial charge in [-0.2, -0.15) is 5.10 Å². The second kappa shape index (κ2) is 9.25. The SMILES string of the molecule is CN=C(NCCCN(C)c1ccccc1)N1CCN(c2cnn(C)c2)C(=O)C1. The summed E-state index contributed by atoms with van der Waals surface area (Å²) >= 11 is 0. The molecular weight excluding hydrogens is 354 g/mol. The quantitative estimate of drug-likeness (QED) is 0.461. The summed E-state index contributed by atoms with van der Waals surface area (Å²) < 4.78 is 1.71. The average molecular weight is 384 g/mol. The molecule has 2 aromatic rings. The van der Waals surface area contributed by atoms with Crippen molar-refractivity contribution in [2.45, 2.75) is 6.42 Å². The van der Waals surface area contributed by atoms with E-state index in [0.717, 1.165) is 37.7 Å². The highest BCUT2D eigenvalue weighted by atomic mass is 16.2. The lowest BCUT2D eigenvalue weighted by Crippen LogP contribution is -2.55. The molecule has 2 heterocycles. The summed E-state index contributed by atoms with van der Waals surface area (Å²) in [7, 11) is 5.71. The largest absolute Gasteiger partial charge is 0.375 e. The van der Waals surface area contributed by atoms with Crippen LogP contribution in [-0.4, -0.2) is 73.4 Å². The molecule has 0 unspecified atom stereocenters. The topological polar surface area (TPSA) is 69.0 Å². The first-order valence-electron chi connectivity index (χ1n) is 9.59. The van der Waals surface area contributed by atoms with Gasteiger partial charge in [0, 0.05) is 59.2 Å². The summed E-state index contributed by atoms with van der Waals surface area (Å²) in [5.41, 5.74) is 2.06. The zero-order valence-corrected chi connectivity index (χ0v) is 16.9. The highest BCUT2D eigenvalue weighted by molar-refractivity contribution is 5.98. The molecule has 1 aromatic heterocycles. The van der Waals surface area contributed by atoms with Crippen molar-refractivity contribution in [1.29, 1.82) is 0 Å². The second-order valence-electron chi connectivity index (χ2n) is 6.92. The third kappa shape index (κ3) is 4.82. The van der Waals surface area contributed by atoms with Gasteiger partial charge in [-0.05, 0) is 18.6 Å². The third-order valence-electron chi connectivity index (χ3n) is 4.89. The van der Waals surface area contributed by atoms with Crippen molar-refractivity contribution in [2.24, 2.45) is 12.0 Å². The fourth-order valence-electron chi connectivity index (χ4n) is 3.33. The molecule has 3 rings (SSSR count). The number of hydrogen-bond acceptors (Lipinski definition) is 4. The van der Waals surface area contributed by atoms with Crippen molar-refractivity contribution in [3.63, 3.8) is 0 Å². The van der Waals surface area contributed by atoms with Gasteiger partial charge in [-0.15, -0.1) is 0 Å². The van der Waals surface area contributed by atoms with Crippen LogP contribution in [0.3, 0.4) is 0 Å². The molecule has 1 N–H and O–H groups in total. The van der Waals surface area contributed by atoms with Gasteiger partial charge in [-0.25, -0.2) is 0 Å². The van der Waals surface area contributed by atoms with Gasteiger partial charge in [0.2, 0.25) is 5.91 Å². The number of rotatable bonds is 6. The number of guanidine groups is 1. The van der Waals surface area contributed by atoms with E-state index in [2.05, 4.69) is 39.5 Å². The van der Waals surface area contributed by atoms with Crippen molar-refractivity contribution < 1.29 is 4.79 Å². The van der Waals surface area contributed by atoms with Gasteiger partial charge in [0.25, 0.3) is 0 Å². The maximum atomic E-state index is 12.6. The minimum Gasteiger partial charge on any atom is -0.375 e. The molecule has 28 heavy (non-hydrogen) atoms. The fraction of sp³-hybridized carbons (Fsp3) is 0.450. The Labute approximate surface area is 166 Å². The Morgan fingerprint density at radius 2 is 2.07 bits per heavy atom. The van der Waals surface area contributed by atoms with E-state index >= 15 is 0 Å². The van der Waals surface area contributed by atoms with Crippen molar-refractivity contribution >= 4 is 23.2 Å². The van der Waals surface area contributed by atoms with Gasteiger partial charge in [0.15, 0.2) is 5.96 Å². The van der Waals surface area contributed by atoms with Gasteiger partial charge >= 0.3 is 0 Å². The number of aliphatic imine (C=N–C) groups is 1. The minimum absolute atomic E-state index is 0.0611. The predicted molar refractivity (Wildman–Crippen MR) is 113 cm³/mol. The van der Waals surface area contributed by atoms with Crippen LogP contribution in [-0.2, 0) is 11.8 Å². The number of nitrogens with zero attached hydrogens (tertiary/aromatic N) is 6. The van der Waals surface area contributed by atoms with Gasteiger partial charge in [0.1, 0.15) is 6.54 Å².